The zero-order chi connectivity index (χ0) is 19.1. The average Bonchev–Trinajstić information content (AvgIpc) is 3.15. The number of halogens is 7. The molecule has 0 atom stereocenters. The van der Waals surface area contributed by atoms with E-state index in [0.29, 0.717) is 10.7 Å². The van der Waals surface area contributed by atoms with E-state index in [9.17, 15) is 26.3 Å². The van der Waals surface area contributed by atoms with Crippen molar-refractivity contribution in [1.29, 1.82) is 0 Å². The van der Waals surface area contributed by atoms with Gasteiger partial charge >= 0.3 is 18.2 Å². The van der Waals surface area contributed by atoms with Crippen LogP contribution in [0.2, 0.25) is 0 Å². The first kappa shape index (κ1) is 18.4. The van der Waals surface area contributed by atoms with E-state index in [0.717, 1.165) is 6.07 Å². The largest absolute Gasteiger partial charge is 0.471 e. The van der Waals surface area contributed by atoms with Crippen molar-refractivity contribution in [3.8, 4) is 11.4 Å². The van der Waals surface area contributed by atoms with Gasteiger partial charge in [-0.2, -0.15) is 31.3 Å². The van der Waals surface area contributed by atoms with E-state index in [1.54, 1.807) is 0 Å². The maximum absolute atomic E-state index is 13.4. The van der Waals surface area contributed by atoms with E-state index < -0.39 is 29.6 Å². The maximum Gasteiger partial charge on any atom is 0.471 e. The van der Waals surface area contributed by atoms with E-state index in [-0.39, 0.29) is 17.7 Å². The summed E-state index contributed by atoms with van der Waals surface area (Å²) in [5.41, 5.74) is -1.35. The van der Waals surface area contributed by atoms with Crippen LogP contribution in [-0.2, 0) is 18.9 Å². The van der Waals surface area contributed by atoms with Gasteiger partial charge in [-0.1, -0.05) is 17.3 Å². The first-order valence-corrected chi connectivity index (χ1v) is 7.62. The van der Waals surface area contributed by atoms with E-state index in [4.69, 9.17) is 0 Å². The second kappa shape index (κ2) is 6.41. The molecular weight excluding hydrogens is 434 g/mol. The Hall–Kier alpha value is -2.37. The molecule has 0 N–H and O–H groups in total. The minimum Gasteiger partial charge on any atom is -0.332 e. The van der Waals surface area contributed by atoms with Gasteiger partial charge in [0.1, 0.15) is 4.60 Å². The Bertz CT molecular complexity index is 930. The molecule has 0 saturated carbocycles. The lowest BCUT2D eigenvalue weighted by Gasteiger charge is -2.14. The molecule has 2 heterocycles. The minimum atomic E-state index is -4.88. The summed E-state index contributed by atoms with van der Waals surface area (Å²) >= 11 is 3.09. The van der Waals surface area contributed by atoms with Crippen molar-refractivity contribution in [2.45, 2.75) is 18.9 Å². The molecule has 2 aromatic heterocycles. The highest BCUT2D eigenvalue weighted by molar-refractivity contribution is 9.10. The number of alkyl halides is 6. The summed E-state index contributed by atoms with van der Waals surface area (Å²) in [4.78, 5) is 6.96. The van der Waals surface area contributed by atoms with Crippen LogP contribution in [0.3, 0.4) is 0 Å². The molecule has 138 valence electrons. The van der Waals surface area contributed by atoms with Gasteiger partial charge in [-0.15, -0.1) is 0 Å². The number of aromatic nitrogens is 4. The normalized spacial score (nSPS) is 12.6. The Labute approximate surface area is 149 Å². The van der Waals surface area contributed by atoms with Crippen LogP contribution >= 0.6 is 15.9 Å². The van der Waals surface area contributed by atoms with Gasteiger partial charge in [0.05, 0.1) is 11.9 Å². The van der Waals surface area contributed by atoms with Crippen LogP contribution in [-0.4, -0.2) is 19.7 Å². The summed E-state index contributed by atoms with van der Waals surface area (Å²) < 4.78 is 83.5. The first-order valence-electron chi connectivity index (χ1n) is 6.83. The van der Waals surface area contributed by atoms with E-state index in [1.165, 1.54) is 23.2 Å². The molecule has 5 nitrogen and oxygen atoms in total. The number of imidazole rings is 1. The smallest absolute Gasteiger partial charge is 0.332 e. The summed E-state index contributed by atoms with van der Waals surface area (Å²) in [6.07, 6.45) is -6.78. The predicted molar refractivity (Wildman–Crippen MR) is 78.8 cm³/mol. The van der Waals surface area contributed by atoms with Crippen LogP contribution in [0.5, 0.6) is 0 Å². The molecule has 1 aromatic carbocycles. The van der Waals surface area contributed by atoms with Gasteiger partial charge < -0.3 is 9.09 Å². The molecule has 0 saturated heterocycles. The average molecular weight is 441 g/mol. The summed E-state index contributed by atoms with van der Waals surface area (Å²) in [6, 6.07) is 3.03. The molecule has 0 unspecified atom stereocenters. The van der Waals surface area contributed by atoms with Crippen molar-refractivity contribution in [3.05, 3.63) is 52.3 Å². The zero-order valence-corrected chi connectivity index (χ0v) is 14.0. The maximum atomic E-state index is 13.4. The van der Waals surface area contributed by atoms with Crippen LogP contribution < -0.4 is 0 Å². The molecule has 3 aromatic rings. The molecule has 26 heavy (non-hydrogen) atoms. The minimum absolute atomic E-state index is 0.0920. The van der Waals surface area contributed by atoms with Gasteiger partial charge in [0.2, 0.25) is 5.82 Å². The Morgan fingerprint density at radius 1 is 1.08 bits per heavy atom. The Morgan fingerprint density at radius 3 is 2.35 bits per heavy atom. The van der Waals surface area contributed by atoms with Crippen LogP contribution in [0, 0.1) is 0 Å². The molecule has 0 fully saturated rings. The number of hydrogen-bond acceptors (Lipinski definition) is 4. The van der Waals surface area contributed by atoms with Crippen molar-refractivity contribution in [2.24, 2.45) is 0 Å². The van der Waals surface area contributed by atoms with Crippen molar-refractivity contribution in [2.75, 3.05) is 0 Å². The van der Waals surface area contributed by atoms with Crippen LogP contribution in [0.4, 0.5) is 26.3 Å². The Balaban J connectivity index is 2.00. The number of rotatable bonds is 3. The molecule has 3 rings (SSSR count). The summed E-state index contributed by atoms with van der Waals surface area (Å²) in [5, 5.41) is 3.10. The molecule has 12 heteroatoms. The van der Waals surface area contributed by atoms with E-state index in [1.807, 2.05) is 0 Å². The van der Waals surface area contributed by atoms with Crippen molar-refractivity contribution in [1.82, 2.24) is 19.7 Å². The van der Waals surface area contributed by atoms with Gasteiger partial charge in [0.25, 0.3) is 0 Å². The van der Waals surface area contributed by atoms with E-state index >= 15 is 0 Å². The van der Waals surface area contributed by atoms with Crippen LogP contribution in [0.25, 0.3) is 11.4 Å². The number of benzene rings is 1. The molecule has 0 aliphatic carbocycles. The van der Waals surface area contributed by atoms with Crippen molar-refractivity contribution < 1.29 is 30.9 Å². The third-order valence-electron chi connectivity index (χ3n) is 3.30. The molecule has 0 bridgehead atoms. The Morgan fingerprint density at radius 2 is 1.81 bits per heavy atom. The Kier molecular flexibility index (Phi) is 4.54. The monoisotopic (exact) mass is 440 g/mol. The molecule has 0 amide bonds. The van der Waals surface area contributed by atoms with Crippen LogP contribution in [0.15, 0.2) is 39.8 Å². The molecule has 0 aliphatic heterocycles. The lowest BCUT2D eigenvalue weighted by atomic mass is 10.0. The van der Waals surface area contributed by atoms with Crippen LogP contribution in [0.1, 0.15) is 17.0 Å². The molecule has 0 spiro atoms. The van der Waals surface area contributed by atoms with Crippen molar-refractivity contribution in [3.63, 3.8) is 0 Å². The zero-order valence-electron chi connectivity index (χ0n) is 12.4. The quantitative estimate of drug-likeness (QED) is 0.550. The van der Waals surface area contributed by atoms with Gasteiger partial charge in [0, 0.05) is 18.3 Å². The fourth-order valence-corrected chi connectivity index (χ4v) is 2.54. The highest BCUT2D eigenvalue weighted by Gasteiger charge is 2.39. The topological polar surface area (TPSA) is 56.7 Å². The SMILES string of the molecule is FC(F)(F)c1nc(-c2ccc(Cn3cnc(Br)c3)c(C(F)(F)F)c2)no1. The second-order valence-corrected chi connectivity index (χ2v) is 5.97. The summed E-state index contributed by atoms with van der Waals surface area (Å²) in [5.74, 6) is -2.21. The highest BCUT2D eigenvalue weighted by atomic mass is 79.9. The highest BCUT2D eigenvalue weighted by Crippen LogP contribution is 2.36. The molecule has 0 aliphatic rings. The fraction of sp³-hybridized carbons (Fsp3) is 0.214. The molecule has 0 radical (unpaired) electrons. The second-order valence-electron chi connectivity index (χ2n) is 5.16. The fourth-order valence-electron chi connectivity index (χ4n) is 2.19. The van der Waals surface area contributed by atoms with Gasteiger partial charge in [0.15, 0.2) is 0 Å². The standard InChI is InChI=1S/C14H7BrF6N4O/c15-10-5-25(6-22-10)4-8-2-1-7(3-9(8)13(16,17)18)11-23-12(26-24-11)14(19,20)21/h1-3,5-6H,4H2. The van der Waals surface area contributed by atoms with Gasteiger partial charge in [-0.05, 0) is 27.6 Å². The number of hydrogen-bond donors (Lipinski definition) is 0. The van der Waals surface area contributed by atoms with E-state index in [2.05, 4.69) is 35.6 Å². The third-order valence-corrected chi connectivity index (χ3v) is 3.71. The first-order chi connectivity index (χ1) is 12.0. The number of nitrogens with zero attached hydrogens (tertiary/aromatic N) is 4. The lowest BCUT2D eigenvalue weighted by Crippen LogP contribution is -2.11. The van der Waals surface area contributed by atoms with Gasteiger partial charge in [-0.3, -0.25) is 0 Å². The molecular formula is C14H7BrF6N4O. The summed E-state index contributed by atoms with van der Waals surface area (Å²) in [6.45, 7) is -0.131. The van der Waals surface area contributed by atoms with Crippen molar-refractivity contribution >= 4 is 15.9 Å². The summed E-state index contributed by atoms with van der Waals surface area (Å²) in [7, 11) is 0. The van der Waals surface area contributed by atoms with Gasteiger partial charge in [-0.25, -0.2) is 4.98 Å². The predicted octanol–water partition coefficient (Wildman–Crippen LogP) is 4.78. The lowest BCUT2D eigenvalue weighted by molar-refractivity contribution is -0.159. The third kappa shape index (κ3) is 3.89.